The van der Waals surface area contributed by atoms with Crippen molar-refractivity contribution < 1.29 is 0 Å². The minimum Gasteiger partial charge on any atom is -0.243 e. The predicted molar refractivity (Wildman–Crippen MR) is 187 cm³/mol. The Labute approximate surface area is 277 Å². The summed E-state index contributed by atoms with van der Waals surface area (Å²) in [6, 6.07) is 51.3. The van der Waals surface area contributed by atoms with Gasteiger partial charge in [0.15, 0.2) is 0 Å². The van der Waals surface area contributed by atoms with Gasteiger partial charge in [0.2, 0.25) is 11.6 Å². The molecule has 8 rings (SSSR count). The quantitative estimate of drug-likeness (QED) is 0.175. The van der Waals surface area contributed by atoms with Crippen LogP contribution in [0.2, 0.25) is 0 Å². The number of nitrogens with zero attached hydrogens (tertiary/aromatic N) is 8. The van der Waals surface area contributed by atoms with E-state index in [1.54, 1.807) is 0 Å². The summed E-state index contributed by atoms with van der Waals surface area (Å²) in [4.78, 5) is 19.8. The summed E-state index contributed by atoms with van der Waals surface area (Å²) in [5.41, 5.74) is 9.13. The van der Waals surface area contributed by atoms with Gasteiger partial charge in [0, 0.05) is 22.3 Å². The molecule has 0 saturated carbocycles. The molecule has 0 fully saturated rings. The first-order valence-electron chi connectivity index (χ1n) is 15.5. The molecule has 226 valence electrons. The molecule has 0 aliphatic heterocycles. The highest BCUT2D eigenvalue weighted by atomic mass is 15.2. The minimum absolute atomic E-state index is 0.420. The smallest absolute Gasteiger partial charge is 0.201 e. The van der Waals surface area contributed by atoms with Crippen LogP contribution < -0.4 is 0 Å². The Morgan fingerprint density at radius 1 is 0.229 bits per heavy atom. The van der Waals surface area contributed by atoms with Crippen LogP contribution in [-0.4, -0.2) is 40.3 Å². The van der Waals surface area contributed by atoms with Crippen LogP contribution in [0.15, 0.2) is 158 Å². The van der Waals surface area contributed by atoms with E-state index < -0.39 is 0 Å². The second-order valence-electron chi connectivity index (χ2n) is 10.9. The van der Waals surface area contributed by atoms with Crippen molar-refractivity contribution in [1.82, 2.24) is 40.3 Å². The Balaban J connectivity index is 1.17. The largest absolute Gasteiger partial charge is 0.243 e. The molecular formula is C40H26N8. The van der Waals surface area contributed by atoms with Crippen molar-refractivity contribution >= 4 is 0 Å². The standard InChI is InChI=1S/C40H26N8/c1-5-15-27(16-6-1)35-37(29-19-9-3-10-20-29)45-47-39(43-35)33-25-13-23-31(41-33)32-24-14-26-34(42-32)40-44-36(28-17-7-2-8-18-28)38(46-48-40)30-21-11-4-12-22-30/h1-26H. The molecule has 4 heterocycles. The summed E-state index contributed by atoms with van der Waals surface area (Å²) in [7, 11) is 0. The zero-order valence-electron chi connectivity index (χ0n) is 25.6. The Kier molecular flexibility index (Phi) is 7.70. The highest BCUT2D eigenvalue weighted by Crippen LogP contribution is 2.32. The summed E-state index contributed by atoms with van der Waals surface area (Å²) in [5, 5.41) is 18.3. The Morgan fingerprint density at radius 2 is 0.542 bits per heavy atom. The molecule has 0 spiro atoms. The summed E-state index contributed by atoms with van der Waals surface area (Å²) in [6.07, 6.45) is 0. The van der Waals surface area contributed by atoms with E-state index >= 15 is 0 Å². The number of benzene rings is 4. The number of pyridine rings is 2. The van der Waals surface area contributed by atoms with E-state index in [9.17, 15) is 0 Å². The van der Waals surface area contributed by atoms with Crippen LogP contribution in [0.3, 0.4) is 0 Å². The second-order valence-corrected chi connectivity index (χ2v) is 10.9. The highest BCUT2D eigenvalue weighted by molar-refractivity contribution is 5.80. The zero-order valence-corrected chi connectivity index (χ0v) is 25.6. The van der Waals surface area contributed by atoms with Gasteiger partial charge in [0.25, 0.3) is 0 Å². The molecule has 4 aromatic heterocycles. The van der Waals surface area contributed by atoms with Gasteiger partial charge in [-0.25, -0.2) is 19.9 Å². The molecule has 0 atom stereocenters. The van der Waals surface area contributed by atoms with E-state index in [0.717, 1.165) is 33.6 Å². The molecule has 0 N–H and O–H groups in total. The molecule has 8 heteroatoms. The average molecular weight is 619 g/mol. The maximum Gasteiger partial charge on any atom is 0.201 e. The van der Waals surface area contributed by atoms with Gasteiger partial charge in [-0.05, 0) is 24.3 Å². The van der Waals surface area contributed by atoms with Gasteiger partial charge in [-0.2, -0.15) is 0 Å². The molecule has 0 bridgehead atoms. The lowest BCUT2D eigenvalue weighted by molar-refractivity contribution is 0.978. The van der Waals surface area contributed by atoms with E-state index in [0.29, 0.717) is 45.8 Å². The van der Waals surface area contributed by atoms with Crippen molar-refractivity contribution in [2.24, 2.45) is 0 Å². The molecule has 0 aliphatic rings. The van der Waals surface area contributed by atoms with Gasteiger partial charge in [-0.15, -0.1) is 20.4 Å². The van der Waals surface area contributed by atoms with Gasteiger partial charge in [0.1, 0.15) is 34.2 Å². The SMILES string of the molecule is c1ccc(-c2nnc(-c3cccc(-c4cccc(-c5nnc(-c6ccccc6)c(-c6ccccc6)n5)n4)n3)nc2-c2ccccc2)cc1. The zero-order chi connectivity index (χ0) is 32.1. The van der Waals surface area contributed by atoms with Gasteiger partial charge < -0.3 is 0 Å². The third-order valence-corrected chi connectivity index (χ3v) is 7.78. The predicted octanol–water partition coefficient (Wildman–Crippen LogP) is 8.52. The summed E-state index contributed by atoms with van der Waals surface area (Å²) < 4.78 is 0. The number of hydrogen-bond acceptors (Lipinski definition) is 8. The second kappa shape index (κ2) is 12.9. The third-order valence-electron chi connectivity index (χ3n) is 7.78. The molecular weight excluding hydrogens is 592 g/mol. The number of rotatable bonds is 7. The minimum atomic E-state index is 0.420. The van der Waals surface area contributed by atoms with Crippen molar-refractivity contribution in [3.05, 3.63) is 158 Å². The summed E-state index contributed by atoms with van der Waals surface area (Å²) in [6.45, 7) is 0. The van der Waals surface area contributed by atoms with E-state index in [4.69, 9.17) is 19.9 Å². The van der Waals surface area contributed by atoms with Gasteiger partial charge in [-0.3, -0.25) is 0 Å². The van der Waals surface area contributed by atoms with Gasteiger partial charge >= 0.3 is 0 Å². The molecule has 8 nitrogen and oxygen atoms in total. The lowest BCUT2D eigenvalue weighted by Crippen LogP contribution is -2.02. The Morgan fingerprint density at radius 3 is 0.896 bits per heavy atom. The van der Waals surface area contributed by atoms with Crippen LogP contribution in [0.25, 0.3) is 79.5 Å². The van der Waals surface area contributed by atoms with Crippen LogP contribution in [0.1, 0.15) is 0 Å². The van der Waals surface area contributed by atoms with Crippen LogP contribution >= 0.6 is 0 Å². The first kappa shape index (κ1) is 28.7. The van der Waals surface area contributed by atoms with Crippen molar-refractivity contribution in [1.29, 1.82) is 0 Å². The molecule has 48 heavy (non-hydrogen) atoms. The topological polar surface area (TPSA) is 103 Å². The first-order chi connectivity index (χ1) is 23.8. The molecule has 0 saturated heterocycles. The molecule has 0 unspecified atom stereocenters. The Bertz CT molecular complexity index is 2160. The Hall–Kier alpha value is -6.80. The molecule has 4 aromatic carbocycles. The van der Waals surface area contributed by atoms with Crippen LogP contribution in [-0.2, 0) is 0 Å². The first-order valence-corrected chi connectivity index (χ1v) is 15.5. The summed E-state index contributed by atoms with van der Waals surface area (Å²) >= 11 is 0. The van der Waals surface area contributed by atoms with E-state index in [-0.39, 0.29) is 0 Å². The molecule has 0 aliphatic carbocycles. The lowest BCUT2D eigenvalue weighted by Gasteiger charge is -2.11. The third kappa shape index (κ3) is 5.81. The number of aromatic nitrogens is 8. The normalized spacial score (nSPS) is 10.9. The molecule has 0 radical (unpaired) electrons. The average Bonchev–Trinajstić information content (AvgIpc) is 3.19. The van der Waals surface area contributed by atoms with Crippen LogP contribution in [0.5, 0.6) is 0 Å². The van der Waals surface area contributed by atoms with Gasteiger partial charge in [-0.1, -0.05) is 133 Å². The maximum atomic E-state index is 4.98. The monoisotopic (exact) mass is 618 g/mol. The molecule has 0 amide bonds. The summed E-state index contributed by atoms with van der Waals surface area (Å²) in [5.74, 6) is 0.839. The van der Waals surface area contributed by atoms with Gasteiger partial charge in [0.05, 0.1) is 11.4 Å². The van der Waals surface area contributed by atoms with Crippen molar-refractivity contribution in [2.75, 3.05) is 0 Å². The maximum absolute atomic E-state index is 4.98. The fraction of sp³-hybridized carbons (Fsp3) is 0. The fourth-order valence-electron chi connectivity index (χ4n) is 5.45. The van der Waals surface area contributed by atoms with Crippen molar-refractivity contribution in [2.45, 2.75) is 0 Å². The lowest BCUT2D eigenvalue weighted by atomic mass is 10.0. The van der Waals surface area contributed by atoms with Crippen LogP contribution in [0.4, 0.5) is 0 Å². The highest BCUT2D eigenvalue weighted by Gasteiger charge is 2.18. The van der Waals surface area contributed by atoms with E-state index in [2.05, 4.69) is 20.4 Å². The molecule has 8 aromatic rings. The van der Waals surface area contributed by atoms with Crippen LogP contribution in [0, 0.1) is 0 Å². The fourth-order valence-corrected chi connectivity index (χ4v) is 5.45. The van der Waals surface area contributed by atoms with Crippen molar-refractivity contribution in [3.63, 3.8) is 0 Å². The number of hydrogen-bond donors (Lipinski definition) is 0. The van der Waals surface area contributed by atoms with Crippen molar-refractivity contribution in [3.8, 4) is 79.5 Å². The van der Waals surface area contributed by atoms with E-state index in [1.165, 1.54) is 0 Å². The van der Waals surface area contributed by atoms with E-state index in [1.807, 2.05) is 158 Å².